The Kier molecular flexibility index (Phi) is 10.1. The lowest BCUT2D eigenvalue weighted by Gasteiger charge is -2.26. The first-order valence-electron chi connectivity index (χ1n) is 7.91. The molecular formula is C17H27N3O5. The predicted molar refractivity (Wildman–Crippen MR) is 91.3 cm³/mol. The number of hydrogen-bond donors (Lipinski definition) is 1. The lowest BCUT2D eigenvalue weighted by molar-refractivity contribution is -0.156. The average Bonchev–Trinajstić information content (AvgIpc) is 2.52. The maximum absolute atomic E-state index is 12.1. The molecule has 0 unspecified atom stereocenters. The third-order valence-corrected chi connectivity index (χ3v) is 3.00. The van der Waals surface area contributed by atoms with Gasteiger partial charge in [0.15, 0.2) is 12.6 Å². The quantitative estimate of drug-likeness (QED) is 0.459. The molecule has 0 aromatic heterocycles. The van der Waals surface area contributed by atoms with Crippen molar-refractivity contribution in [2.24, 2.45) is 0 Å². The summed E-state index contributed by atoms with van der Waals surface area (Å²) in [6, 6.07) is 0.657. The molecule has 8 heteroatoms. The number of nitrogens with one attached hydrogen (secondary N) is 1. The molecule has 0 spiro atoms. The molecule has 1 N–H and O–H groups in total. The van der Waals surface area contributed by atoms with E-state index >= 15 is 0 Å². The lowest BCUT2D eigenvalue weighted by atomic mass is 10.1. The SMILES string of the molecule is C=CCCC(=O)N(C)[C@@H](COCC(=O)NC(C)(C)C)C(=O)OCC#N. The van der Waals surface area contributed by atoms with Crippen LogP contribution in [-0.2, 0) is 23.9 Å². The van der Waals surface area contributed by atoms with Crippen LogP contribution in [0.25, 0.3) is 0 Å². The number of esters is 1. The van der Waals surface area contributed by atoms with Gasteiger partial charge in [0.25, 0.3) is 0 Å². The molecule has 0 bridgehead atoms. The number of nitrogens with zero attached hydrogens (tertiary/aromatic N) is 2. The average molecular weight is 353 g/mol. The van der Waals surface area contributed by atoms with Crippen LogP contribution in [0.3, 0.4) is 0 Å². The molecule has 0 aliphatic heterocycles. The molecule has 8 nitrogen and oxygen atoms in total. The van der Waals surface area contributed by atoms with Gasteiger partial charge in [-0.2, -0.15) is 5.26 Å². The molecule has 0 aliphatic carbocycles. The molecule has 0 aromatic rings. The van der Waals surface area contributed by atoms with Crippen LogP contribution in [0.15, 0.2) is 12.7 Å². The molecule has 0 aromatic carbocycles. The van der Waals surface area contributed by atoms with E-state index in [1.807, 2.05) is 20.8 Å². The number of nitriles is 1. The summed E-state index contributed by atoms with van der Waals surface area (Å²) >= 11 is 0. The summed E-state index contributed by atoms with van der Waals surface area (Å²) in [5.74, 6) is -1.38. The van der Waals surface area contributed by atoms with Crippen LogP contribution < -0.4 is 5.32 Å². The number of rotatable bonds is 10. The second-order valence-electron chi connectivity index (χ2n) is 6.43. The summed E-state index contributed by atoms with van der Waals surface area (Å²) in [5, 5.41) is 11.2. The smallest absolute Gasteiger partial charge is 0.332 e. The summed E-state index contributed by atoms with van der Waals surface area (Å²) < 4.78 is 10.0. The van der Waals surface area contributed by atoms with E-state index in [4.69, 9.17) is 14.7 Å². The Bertz CT molecular complexity index is 519. The molecule has 2 amide bonds. The van der Waals surface area contributed by atoms with Gasteiger partial charge in [-0.15, -0.1) is 6.58 Å². The van der Waals surface area contributed by atoms with Gasteiger partial charge in [0.1, 0.15) is 12.7 Å². The minimum atomic E-state index is -1.03. The van der Waals surface area contributed by atoms with Crippen molar-refractivity contribution in [3.05, 3.63) is 12.7 Å². The van der Waals surface area contributed by atoms with E-state index in [1.54, 1.807) is 12.1 Å². The maximum atomic E-state index is 12.1. The van der Waals surface area contributed by atoms with E-state index in [0.717, 1.165) is 0 Å². The molecule has 0 fully saturated rings. The van der Waals surface area contributed by atoms with Gasteiger partial charge in [0.2, 0.25) is 11.8 Å². The van der Waals surface area contributed by atoms with Crippen LogP contribution in [-0.4, -0.2) is 61.1 Å². The number of likely N-dealkylation sites (N-methyl/N-ethyl adjacent to an activating group) is 1. The normalized spacial score (nSPS) is 11.8. The van der Waals surface area contributed by atoms with Gasteiger partial charge in [0.05, 0.1) is 6.61 Å². The zero-order chi connectivity index (χ0) is 19.5. The molecule has 0 saturated heterocycles. The largest absolute Gasteiger partial charge is 0.449 e. The minimum Gasteiger partial charge on any atom is -0.449 e. The Morgan fingerprint density at radius 2 is 2.00 bits per heavy atom. The van der Waals surface area contributed by atoms with Crippen LogP contribution in [0.4, 0.5) is 0 Å². The van der Waals surface area contributed by atoms with Gasteiger partial charge in [-0.05, 0) is 27.2 Å². The second-order valence-corrected chi connectivity index (χ2v) is 6.43. The molecule has 0 rings (SSSR count). The summed E-state index contributed by atoms with van der Waals surface area (Å²) in [6.07, 6.45) is 2.26. The van der Waals surface area contributed by atoms with Crippen molar-refractivity contribution >= 4 is 17.8 Å². The van der Waals surface area contributed by atoms with Crippen molar-refractivity contribution in [3.8, 4) is 6.07 Å². The monoisotopic (exact) mass is 353 g/mol. The van der Waals surface area contributed by atoms with Crippen LogP contribution >= 0.6 is 0 Å². The fourth-order valence-electron chi connectivity index (χ4n) is 1.83. The van der Waals surface area contributed by atoms with E-state index < -0.39 is 24.2 Å². The fourth-order valence-corrected chi connectivity index (χ4v) is 1.83. The zero-order valence-electron chi connectivity index (χ0n) is 15.3. The van der Waals surface area contributed by atoms with Crippen LogP contribution in [0.5, 0.6) is 0 Å². The van der Waals surface area contributed by atoms with Crippen molar-refractivity contribution in [1.82, 2.24) is 10.2 Å². The summed E-state index contributed by atoms with van der Waals surface area (Å²) in [6.45, 7) is 8.15. The van der Waals surface area contributed by atoms with E-state index in [1.165, 1.54) is 11.9 Å². The Labute approximate surface area is 148 Å². The minimum absolute atomic E-state index is 0.187. The van der Waals surface area contributed by atoms with Crippen molar-refractivity contribution in [2.75, 3.05) is 26.9 Å². The third kappa shape index (κ3) is 10.1. The highest BCUT2D eigenvalue weighted by molar-refractivity contribution is 5.84. The first-order chi connectivity index (χ1) is 11.6. The fraction of sp³-hybridized carbons (Fsp3) is 0.647. The van der Waals surface area contributed by atoms with E-state index in [9.17, 15) is 14.4 Å². The van der Waals surface area contributed by atoms with Gasteiger partial charge >= 0.3 is 5.97 Å². The number of carbonyl (C=O) groups is 3. The first kappa shape index (κ1) is 22.6. The molecule has 0 saturated carbocycles. The number of allylic oxidation sites excluding steroid dienone is 1. The standard InChI is InChI=1S/C17H27N3O5/c1-6-7-8-15(22)20(5)13(16(23)25-10-9-18)11-24-12-14(21)19-17(2,3)4/h6,13H,1,7-8,10-12H2,2-5H3,(H,19,21)/t13-/m0/s1. The Balaban J connectivity index is 4.76. The molecule has 25 heavy (non-hydrogen) atoms. The van der Waals surface area contributed by atoms with Gasteiger partial charge in [-0.1, -0.05) is 6.08 Å². The highest BCUT2D eigenvalue weighted by Gasteiger charge is 2.28. The predicted octanol–water partition coefficient (Wildman–Crippen LogP) is 0.778. The topological polar surface area (TPSA) is 109 Å². The van der Waals surface area contributed by atoms with E-state index in [0.29, 0.717) is 6.42 Å². The van der Waals surface area contributed by atoms with Crippen LogP contribution in [0, 0.1) is 11.3 Å². The number of hydrogen-bond acceptors (Lipinski definition) is 6. The summed E-state index contributed by atoms with van der Waals surface area (Å²) in [5.41, 5.74) is -0.400. The van der Waals surface area contributed by atoms with Gasteiger partial charge < -0.3 is 19.7 Å². The van der Waals surface area contributed by atoms with Gasteiger partial charge in [0, 0.05) is 19.0 Å². The summed E-state index contributed by atoms with van der Waals surface area (Å²) in [4.78, 5) is 37.1. The zero-order valence-corrected chi connectivity index (χ0v) is 15.3. The van der Waals surface area contributed by atoms with Gasteiger partial charge in [-0.3, -0.25) is 9.59 Å². The highest BCUT2D eigenvalue weighted by Crippen LogP contribution is 2.06. The summed E-state index contributed by atoms with van der Waals surface area (Å²) in [7, 11) is 1.45. The van der Waals surface area contributed by atoms with E-state index in [2.05, 4.69) is 11.9 Å². The third-order valence-electron chi connectivity index (χ3n) is 3.00. The Morgan fingerprint density at radius 3 is 2.52 bits per heavy atom. The first-order valence-corrected chi connectivity index (χ1v) is 7.91. The maximum Gasteiger partial charge on any atom is 0.332 e. The highest BCUT2D eigenvalue weighted by atomic mass is 16.5. The van der Waals surface area contributed by atoms with Crippen LogP contribution in [0.2, 0.25) is 0 Å². The van der Waals surface area contributed by atoms with Gasteiger partial charge in [-0.25, -0.2) is 4.79 Å². The lowest BCUT2D eigenvalue weighted by Crippen LogP contribution is -2.47. The van der Waals surface area contributed by atoms with Crippen molar-refractivity contribution in [2.45, 2.75) is 45.2 Å². The molecule has 1 atom stereocenters. The molecule has 0 heterocycles. The molecular weight excluding hydrogens is 326 g/mol. The molecule has 0 radical (unpaired) electrons. The van der Waals surface area contributed by atoms with Crippen LogP contribution in [0.1, 0.15) is 33.6 Å². The van der Waals surface area contributed by atoms with Crippen molar-refractivity contribution in [3.63, 3.8) is 0 Å². The number of carbonyl (C=O) groups excluding carboxylic acids is 3. The number of amides is 2. The number of ether oxygens (including phenoxy) is 2. The Hall–Kier alpha value is -2.40. The van der Waals surface area contributed by atoms with E-state index in [-0.39, 0.29) is 31.4 Å². The second kappa shape index (κ2) is 11.2. The van der Waals surface area contributed by atoms with Crippen molar-refractivity contribution < 1.29 is 23.9 Å². The Morgan fingerprint density at radius 1 is 1.36 bits per heavy atom. The molecule has 0 aliphatic rings. The van der Waals surface area contributed by atoms with Crippen molar-refractivity contribution in [1.29, 1.82) is 5.26 Å². The molecule has 140 valence electrons.